The number of aliphatic hydroxyl groups excluding tert-OH is 1. The van der Waals surface area contributed by atoms with Crippen LogP contribution in [-0.4, -0.2) is 24.2 Å². The van der Waals surface area contributed by atoms with Crippen molar-refractivity contribution in [1.82, 2.24) is 0 Å². The Morgan fingerprint density at radius 3 is 2.11 bits per heavy atom. The maximum absolute atomic E-state index is 12.7. The van der Waals surface area contributed by atoms with E-state index < -0.39 is 11.9 Å². The van der Waals surface area contributed by atoms with Crippen LogP contribution in [0.5, 0.6) is 11.5 Å². The van der Waals surface area contributed by atoms with Gasteiger partial charge in [0, 0.05) is 5.56 Å². The summed E-state index contributed by atoms with van der Waals surface area (Å²) < 4.78 is 48.7. The summed E-state index contributed by atoms with van der Waals surface area (Å²) in [5.74, 6) is 1.07. The van der Waals surface area contributed by atoms with E-state index in [4.69, 9.17) is 10.5 Å². The van der Waals surface area contributed by atoms with Gasteiger partial charge in [-0.3, -0.25) is 0 Å². The van der Waals surface area contributed by atoms with Gasteiger partial charge in [0.15, 0.2) is 0 Å². The molecule has 3 aromatic rings. The lowest BCUT2D eigenvalue weighted by atomic mass is 9.72. The molecular formula is C30H36F3NO3. The van der Waals surface area contributed by atoms with Gasteiger partial charge in [-0.05, 0) is 90.1 Å². The molecule has 7 heteroatoms. The molecule has 0 saturated heterocycles. The summed E-state index contributed by atoms with van der Waals surface area (Å²) in [6.07, 6.45) is -0.569. The van der Waals surface area contributed by atoms with Crippen LogP contribution in [0.1, 0.15) is 58.9 Å². The van der Waals surface area contributed by atoms with Gasteiger partial charge in [0.05, 0.1) is 18.2 Å². The van der Waals surface area contributed by atoms with Gasteiger partial charge in [-0.1, -0.05) is 51.1 Å². The van der Waals surface area contributed by atoms with Crippen LogP contribution in [0.3, 0.4) is 0 Å². The van der Waals surface area contributed by atoms with Crippen LogP contribution in [0.25, 0.3) is 21.9 Å². The number of ether oxygens (including phenoxy) is 2. The Morgan fingerprint density at radius 2 is 1.54 bits per heavy atom. The number of hydrogen-bond acceptors (Lipinski definition) is 4. The van der Waals surface area contributed by atoms with Crippen LogP contribution in [0.15, 0.2) is 54.6 Å². The second-order valence-corrected chi connectivity index (χ2v) is 11.5. The third kappa shape index (κ3) is 6.39. The van der Waals surface area contributed by atoms with Crippen LogP contribution in [0.4, 0.5) is 13.2 Å². The van der Waals surface area contributed by atoms with E-state index in [0.29, 0.717) is 11.7 Å². The van der Waals surface area contributed by atoms with Crippen molar-refractivity contribution in [2.24, 2.45) is 17.1 Å². The lowest BCUT2D eigenvalue weighted by molar-refractivity contribution is -0.274. The molecule has 0 spiro atoms. The maximum Gasteiger partial charge on any atom is 0.573 e. The van der Waals surface area contributed by atoms with Crippen LogP contribution in [0, 0.1) is 11.3 Å². The van der Waals surface area contributed by atoms with E-state index in [1.165, 1.54) is 12.1 Å². The molecule has 3 N–H and O–H groups in total. The Hall–Kier alpha value is -2.77. The first-order valence-electron chi connectivity index (χ1n) is 12.8. The zero-order valence-corrected chi connectivity index (χ0v) is 21.9. The molecule has 4 rings (SSSR count). The second kappa shape index (κ2) is 10.2. The summed E-state index contributed by atoms with van der Waals surface area (Å²) in [7, 11) is 0. The van der Waals surface area contributed by atoms with Crippen LogP contribution in [0.2, 0.25) is 0 Å². The molecule has 0 bridgehead atoms. The normalized spacial score (nSPS) is 20.5. The zero-order chi connectivity index (χ0) is 27.0. The first-order chi connectivity index (χ1) is 17.3. The summed E-state index contributed by atoms with van der Waals surface area (Å²) in [4.78, 5) is 0. The van der Waals surface area contributed by atoms with Crippen molar-refractivity contribution in [3.8, 4) is 22.6 Å². The Labute approximate surface area is 216 Å². The quantitative estimate of drug-likeness (QED) is 0.356. The highest BCUT2D eigenvalue weighted by atomic mass is 19.4. The largest absolute Gasteiger partial charge is 0.573 e. The van der Waals surface area contributed by atoms with Crippen molar-refractivity contribution in [3.63, 3.8) is 0 Å². The van der Waals surface area contributed by atoms with Crippen molar-refractivity contribution in [2.45, 2.75) is 71.4 Å². The molecular weight excluding hydrogens is 479 g/mol. The van der Waals surface area contributed by atoms with Crippen LogP contribution in [-0.2, 0) is 5.54 Å². The maximum atomic E-state index is 12.7. The van der Waals surface area contributed by atoms with Gasteiger partial charge in [-0.15, -0.1) is 13.2 Å². The number of aliphatic hydroxyl groups is 1. The molecule has 1 fully saturated rings. The number of hydrogen-bond donors (Lipinski definition) is 2. The molecule has 3 aromatic carbocycles. The van der Waals surface area contributed by atoms with E-state index in [-0.39, 0.29) is 23.9 Å². The Balaban J connectivity index is 1.72. The van der Waals surface area contributed by atoms with Crippen molar-refractivity contribution in [3.05, 3.63) is 60.2 Å². The van der Waals surface area contributed by atoms with Gasteiger partial charge in [0.25, 0.3) is 0 Å². The minimum atomic E-state index is -4.75. The minimum absolute atomic E-state index is 0.0728. The number of rotatable bonds is 6. The number of halogens is 3. The van der Waals surface area contributed by atoms with Crippen molar-refractivity contribution in [1.29, 1.82) is 0 Å². The van der Waals surface area contributed by atoms with Gasteiger partial charge in [0.1, 0.15) is 11.5 Å². The average Bonchev–Trinajstić information content (AvgIpc) is 2.83. The average molecular weight is 516 g/mol. The summed E-state index contributed by atoms with van der Waals surface area (Å²) in [6, 6.07) is 15.5. The number of alkyl halides is 3. The van der Waals surface area contributed by atoms with Crippen molar-refractivity contribution >= 4 is 10.8 Å². The molecule has 1 aliphatic carbocycles. The van der Waals surface area contributed by atoms with Gasteiger partial charge in [-0.25, -0.2) is 0 Å². The number of nitrogens with two attached hydrogens (primary N) is 1. The molecule has 0 radical (unpaired) electrons. The molecule has 0 aromatic heterocycles. The smallest absolute Gasteiger partial charge is 0.490 e. The standard InChI is InChI=1S/C30H36F3NO3/c1-28(2,3)21-8-13-23(14-9-21)36-26-16-7-20-17-22(29(4,34)18-35)10-15-25(20)27(26)19-5-11-24(12-6-19)37-30(31,32)33/h5-7,10-12,15-17,21,23,35H,8-9,13-14,18,34H2,1-4H3/t21-,23-,29-/m0/s1. The molecule has 1 atom stereocenters. The van der Waals surface area contributed by atoms with Crippen molar-refractivity contribution in [2.75, 3.05) is 6.61 Å². The summed E-state index contributed by atoms with van der Waals surface area (Å²) >= 11 is 0. The van der Waals surface area contributed by atoms with Crippen LogP contribution < -0.4 is 15.2 Å². The predicted octanol–water partition coefficient (Wildman–Crippen LogP) is 7.56. The van der Waals surface area contributed by atoms with E-state index in [1.807, 2.05) is 30.3 Å². The topological polar surface area (TPSA) is 64.7 Å². The van der Waals surface area contributed by atoms with Crippen LogP contribution >= 0.6 is 0 Å². The Bertz CT molecular complexity index is 1220. The van der Waals surface area contributed by atoms with E-state index in [9.17, 15) is 18.3 Å². The molecule has 200 valence electrons. The molecule has 1 saturated carbocycles. The fourth-order valence-electron chi connectivity index (χ4n) is 5.20. The molecule has 0 heterocycles. The van der Waals surface area contributed by atoms with E-state index in [0.717, 1.165) is 53.1 Å². The summed E-state index contributed by atoms with van der Waals surface area (Å²) in [5, 5.41) is 11.5. The molecule has 37 heavy (non-hydrogen) atoms. The Morgan fingerprint density at radius 1 is 0.892 bits per heavy atom. The fraction of sp³-hybridized carbons (Fsp3) is 0.467. The fourth-order valence-corrected chi connectivity index (χ4v) is 5.20. The number of benzene rings is 3. The monoisotopic (exact) mass is 515 g/mol. The van der Waals surface area contributed by atoms with Gasteiger partial charge in [-0.2, -0.15) is 0 Å². The third-order valence-corrected chi connectivity index (χ3v) is 7.54. The SMILES string of the molecule is CC(C)(C)[C@H]1CC[C@H](Oc2ccc3cc([C@@](C)(N)CO)ccc3c2-c2ccc(OC(F)(F)F)cc2)CC1. The highest BCUT2D eigenvalue weighted by Gasteiger charge is 2.32. The van der Waals surface area contributed by atoms with Gasteiger partial charge < -0.3 is 20.3 Å². The van der Waals surface area contributed by atoms with Gasteiger partial charge >= 0.3 is 6.36 Å². The van der Waals surface area contributed by atoms with E-state index >= 15 is 0 Å². The lowest BCUT2D eigenvalue weighted by Crippen LogP contribution is -2.36. The number of fused-ring (bicyclic) bond motifs is 1. The highest BCUT2D eigenvalue weighted by Crippen LogP contribution is 2.43. The summed E-state index contributed by atoms with van der Waals surface area (Å²) in [6.45, 7) is 8.40. The minimum Gasteiger partial charge on any atom is -0.490 e. The molecule has 0 aliphatic heterocycles. The third-order valence-electron chi connectivity index (χ3n) is 7.54. The zero-order valence-electron chi connectivity index (χ0n) is 21.9. The molecule has 0 unspecified atom stereocenters. The molecule has 0 amide bonds. The lowest BCUT2D eigenvalue weighted by Gasteiger charge is -2.37. The highest BCUT2D eigenvalue weighted by molar-refractivity contribution is 6.00. The summed E-state index contributed by atoms with van der Waals surface area (Å²) in [5.41, 5.74) is 7.95. The second-order valence-electron chi connectivity index (χ2n) is 11.5. The Kier molecular flexibility index (Phi) is 7.50. The first-order valence-corrected chi connectivity index (χ1v) is 12.8. The molecule has 1 aliphatic rings. The van der Waals surface area contributed by atoms with E-state index in [1.54, 1.807) is 19.1 Å². The van der Waals surface area contributed by atoms with Crippen molar-refractivity contribution < 1.29 is 27.8 Å². The molecule has 4 nitrogen and oxygen atoms in total. The first kappa shape index (κ1) is 27.3. The predicted molar refractivity (Wildman–Crippen MR) is 141 cm³/mol. The van der Waals surface area contributed by atoms with E-state index in [2.05, 4.69) is 25.5 Å². The van der Waals surface area contributed by atoms with Gasteiger partial charge in [0.2, 0.25) is 0 Å².